The molecule has 0 aliphatic carbocycles. The Kier molecular flexibility index (Phi) is 4.52. The Morgan fingerprint density at radius 2 is 2.09 bits per heavy atom. The van der Waals surface area contributed by atoms with Crippen molar-refractivity contribution in [1.29, 1.82) is 0 Å². The van der Waals surface area contributed by atoms with E-state index in [1.807, 2.05) is 19.1 Å². The molecule has 0 saturated carbocycles. The summed E-state index contributed by atoms with van der Waals surface area (Å²) >= 11 is 1.71. The van der Waals surface area contributed by atoms with Crippen LogP contribution in [0.2, 0.25) is 0 Å². The van der Waals surface area contributed by atoms with Gasteiger partial charge in [-0.2, -0.15) is 0 Å². The van der Waals surface area contributed by atoms with Crippen LogP contribution in [0.15, 0.2) is 40.0 Å². The number of hydrogen-bond donors (Lipinski definition) is 0. The van der Waals surface area contributed by atoms with E-state index in [9.17, 15) is 0 Å². The van der Waals surface area contributed by atoms with Crippen LogP contribution in [0.5, 0.6) is 0 Å². The standard InChI is InChI=1S/C17H21N3OS/c1-12(2)8-9-20-16-7-5-4-6-15(16)18-17(20)22-11-14-10-13(3)19-21-14/h4-7,10,12H,8-9,11H2,1-3H3. The molecule has 0 aliphatic heterocycles. The van der Waals surface area contributed by atoms with Gasteiger partial charge in [0.1, 0.15) is 5.76 Å². The molecule has 0 radical (unpaired) electrons. The maximum atomic E-state index is 5.29. The van der Waals surface area contributed by atoms with E-state index >= 15 is 0 Å². The van der Waals surface area contributed by atoms with Crippen LogP contribution in [0.4, 0.5) is 0 Å². The Labute approximate surface area is 134 Å². The van der Waals surface area contributed by atoms with Crippen molar-refractivity contribution < 1.29 is 4.52 Å². The van der Waals surface area contributed by atoms with Crippen molar-refractivity contribution in [2.45, 2.75) is 44.6 Å². The highest BCUT2D eigenvalue weighted by atomic mass is 32.2. The monoisotopic (exact) mass is 315 g/mol. The molecule has 0 unspecified atom stereocenters. The summed E-state index contributed by atoms with van der Waals surface area (Å²) in [7, 11) is 0. The van der Waals surface area contributed by atoms with Crippen LogP contribution in [0.3, 0.4) is 0 Å². The lowest BCUT2D eigenvalue weighted by atomic mass is 10.1. The number of imidazole rings is 1. The van der Waals surface area contributed by atoms with Crippen LogP contribution in [0.1, 0.15) is 31.7 Å². The van der Waals surface area contributed by atoms with Gasteiger partial charge < -0.3 is 9.09 Å². The molecule has 0 saturated heterocycles. The van der Waals surface area contributed by atoms with Gasteiger partial charge in [-0.3, -0.25) is 0 Å². The van der Waals surface area contributed by atoms with E-state index in [1.54, 1.807) is 11.8 Å². The summed E-state index contributed by atoms with van der Waals surface area (Å²) in [5.74, 6) is 2.33. The maximum absolute atomic E-state index is 5.29. The van der Waals surface area contributed by atoms with Gasteiger partial charge in [0.05, 0.1) is 22.5 Å². The first-order chi connectivity index (χ1) is 10.6. The number of rotatable bonds is 6. The minimum atomic E-state index is 0.677. The number of para-hydroxylation sites is 2. The van der Waals surface area contributed by atoms with Crippen LogP contribution in [-0.4, -0.2) is 14.7 Å². The summed E-state index contributed by atoms with van der Waals surface area (Å²) in [6, 6.07) is 10.3. The number of fused-ring (bicyclic) bond motifs is 1. The molecule has 0 atom stereocenters. The second-order valence-corrected chi connectivity index (χ2v) is 6.88. The molecule has 0 amide bonds. The molecule has 0 bridgehead atoms. The number of thioether (sulfide) groups is 1. The van der Waals surface area contributed by atoms with Crippen LogP contribution < -0.4 is 0 Å². The predicted molar refractivity (Wildman–Crippen MR) is 90.0 cm³/mol. The van der Waals surface area contributed by atoms with E-state index in [0.29, 0.717) is 5.92 Å². The third-order valence-electron chi connectivity index (χ3n) is 3.57. The molecule has 2 heterocycles. The van der Waals surface area contributed by atoms with Gasteiger partial charge >= 0.3 is 0 Å². The lowest BCUT2D eigenvalue weighted by Crippen LogP contribution is -2.03. The van der Waals surface area contributed by atoms with Gasteiger partial charge in [0.25, 0.3) is 0 Å². The zero-order chi connectivity index (χ0) is 15.5. The van der Waals surface area contributed by atoms with Crippen molar-refractivity contribution in [3.05, 3.63) is 41.8 Å². The third kappa shape index (κ3) is 3.35. The minimum absolute atomic E-state index is 0.677. The van der Waals surface area contributed by atoms with Gasteiger partial charge in [-0.1, -0.05) is 42.9 Å². The Morgan fingerprint density at radius 1 is 1.27 bits per heavy atom. The number of hydrogen-bond acceptors (Lipinski definition) is 4. The van der Waals surface area contributed by atoms with E-state index in [2.05, 4.69) is 41.8 Å². The van der Waals surface area contributed by atoms with Crippen LogP contribution >= 0.6 is 11.8 Å². The first kappa shape index (κ1) is 15.2. The average molecular weight is 315 g/mol. The zero-order valence-electron chi connectivity index (χ0n) is 13.2. The van der Waals surface area contributed by atoms with Gasteiger partial charge in [-0.25, -0.2) is 4.98 Å². The molecule has 0 aliphatic rings. The van der Waals surface area contributed by atoms with Crippen molar-refractivity contribution >= 4 is 22.8 Å². The Bertz CT molecular complexity index is 760. The number of aromatic nitrogens is 3. The Balaban J connectivity index is 1.84. The zero-order valence-corrected chi connectivity index (χ0v) is 14.1. The molecule has 2 aromatic heterocycles. The van der Waals surface area contributed by atoms with Crippen molar-refractivity contribution in [3.8, 4) is 0 Å². The van der Waals surface area contributed by atoms with E-state index in [-0.39, 0.29) is 0 Å². The first-order valence-electron chi connectivity index (χ1n) is 7.63. The van der Waals surface area contributed by atoms with E-state index in [1.165, 1.54) is 5.52 Å². The van der Waals surface area contributed by atoms with Crippen molar-refractivity contribution in [3.63, 3.8) is 0 Å². The van der Waals surface area contributed by atoms with Crippen LogP contribution in [-0.2, 0) is 12.3 Å². The van der Waals surface area contributed by atoms with E-state index in [4.69, 9.17) is 9.51 Å². The fourth-order valence-corrected chi connectivity index (χ4v) is 3.30. The third-order valence-corrected chi connectivity index (χ3v) is 4.57. The molecule has 3 rings (SSSR count). The fraction of sp³-hybridized carbons (Fsp3) is 0.412. The highest BCUT2D eigenvalue weighted by Gasteiger charge is 2.12. The maximum Gasteiger partial charge on any atom is 0.169 e. The molecule has 0 N–H and O–H groups in total. The summed E-state index contributed by atoms with van der Waals surface area (Å²) in [5, 5.41) is 4.99. The van der Waals surface area contributed by atoms with Crippen molar-refractivity contribution in [1.82, 2.24) is 14.7 Å². The van der Waals surface area contributed by atoms with Gasteiger partial charge in [-0.05, 0) is 31.4 Å². The average Bonchev–Trinajstić information content (AvgIpc) is 3.06. The Hall–Kier alpha value is -1.75. The SMILES string of the molecule is Cc1cc(CSc2nc3ccccc3n2CCC(C)C)on1. The van der Waals surface area contributed by atoms with E-state index < -0.39 is 0 Å². The summed E-state index contributed by atoms with van der Waals surface area (Å²) in [5.41, 5.74) is 3.19. The molecule has 5 heteroatoms. The van der Waals surface area contributed by atoms with Crippen LogP contribution in [0.25, 0.3) is 11.0 Å². The summed E-state index contributed by atoms with van der Waals surface area (Å²) in [6.07, 6.45) is 1.15. The molecule has 0 fully saturated rings. The molecule has 3 aromatic rings. The second kappa shape index (κ2) is 6.57. The van der Waals surface area contributed by atoms with Gasteiger partial charge in [0, 0.05) is 12.6 Å². The molecule has 116 valence electrons. The lowest BCUT2D eigenvalue weighted by Gasteiger charge is -2.10. The molecule has 4 nitrogen and oxygen atoms in total. The molecular weight excluding hydrogens is 294 g/mol. The molecule has 1 aromatic carbocycles. The quantitative estimate of drug-likeness (QED) is 0.620. The summed E-state index contributed by atoms with van der Waals surface area (Å²) in [4.78, 5) is 4.78. The normalized spacial score (nSPS) is 11.6. The number of nitrogens with zero attached hydrogens (tertiary/aromatic N) is 3. The fourth-order valence-electron chi connectivity index (χ4n) is 2.39. The van der Waals surface area contributed by atoms with Crippen LogP contribution in [0, 0.1) is 12.8 Å². The first-order valence-corrected chi connectivity index (χ1v) is 8.62. The van der Waals surface area contributed by atoms with Crippen molar-refractivity contribution in [2.75, 3.05) is 0 Å². The topological polar surface area (TPSA) is 43.9 Å². The van der Waals surface area contributed by atoms with Gasteiger partial charge in [-0.15, -0.1) is 0 Å². The summed E-state index contributed by atoms with van der Waals surface area (Å²) < 4.78 is 7.61. The van der Waals surface area contributed by atoms with Gasteiger partial charge in [0.2, 0.25) is 0 Å². The smallest absolute Gasteiger partial charge is 0.169 e. The highest BCUT2D eigenvalue weighted by Crippen LogP contribution is 2.27. The molecular formula is C17H21N3OS. The van der Waals surface area contributed by atoms with Gasteiger partial charge in [0.15, 0.2) is 5.16 Å². The lowest BCUT2D eigenvalue weighted by molar-refractivity contribution is 0.391. The summed E-state index contributed by atoms with van der Waals surface area (Å²) in [6.45, 7) is 7.44. The molecule has 22 heavy (non-hydrogen) atoms. The van der Waals surface area contributed by atoms with E-state index in [0.717, 1.165) is 40.8 Å². The number of aryl methyl sites for hydroxylation is 2. The highest BCUT2D eigenvalue weighted by molar-refractivity contribution is 7.98. The van der Waals surface area contributed by atoms with Crippen molar-refractivity contribution in [2.24, 2.45) is 5.92 Å². The largest absolute Gasteiger partial charge is 0.360 e. The second-order valence-electron chi connectivity index (χ2n) is 5.94. The molecule has 0 spiro atoms. The number of benzene rings is 1. The Morgan fingerprint density at radius 3 is 2.82 bits per heavy atom. The predicted octanol–water partition coefficient (Wildman–Crippen LogP) is 4.67. The minimum Gasteiger partial charge on any atom is -0.360 e.